The highest BCUT2D eigenvalue weighted by Crippen LogP contribution is 2.42. The van der Waals surface area contributed by atoms with E-state index in [4.69, 9.17) is 4.74 Å². The Morgan fingerprint density at radius 3 is 2.56 bits per heavy atom. The van der Waals surface area contributed by atoms with Crippen molar-refractivity contribution in [1.82, 2.24) is 20.1 Å². The fourth-order valence-corrected chi connectivity index (χ4v) is 5.83. The van der Waals surface area contributed by atoms with Crippen molar-refractivity contribution in [2.45, 2.75) is 62.5 Å². The maximum absolute atomic E-state index is 14.2. The second-order valence-electron chi connectivity index (χ2n) is 11.3. The monoisotopic (exact) mass is 541 g/mol. The summed E-state index contributed by atoms with van der Waals surface area (Å²) in [6.45, 7) is 2.34. The van der Waals surface area contributed by atoms with Crippen LogP contribution in [-0.4, -0.2) is 50.1 Å². The molecular weight excluding hydrogens is 511 g/mol. The third-order valence-corrected chi connectivity index (χ3v) is 8.34. The Kier molecular flexibility index (Phi) is 6.09. The van der Waals surface area contributed by atoms with E-state index in [-0.39, 0.29) is 43.0 Å². The number of carbonyl (C=O) groups is 1. The van der Waals surface area contributed by atoms with Crippen molar-refractivity contribution in [2.75, 3.05) is 18.1 Å². The lowest BCUT2D eigenvalue weighted by Crippen LogP contribution is -2.55. The molecule has 11 heteroatoms. The van der Waals surface area contributed by atoms with Crippen LogP contribution in [0, 0.1) is 0 Å². The first-order valence-corrected chi connectivity index (χ1v) is 13.0. The summed E-state index contributed by atoms with van der Waals surface area (Å²) in [5.74, 6) is -0.564. The predicted molar refractivity (Wildman–Crippen MR) is 136 cm³/mol. The molecule has 1 aromatic heterocycles. The fourth-order valence-electron chi connectivity index (χ4n) is 5.83. The molecule has 1 saturated heterocycles. The lowest BCUT2D eigenvalue weighted by atomic mass is 9.78. The Bertz CT molecular complexity index is 1430. The maximum atomic E-state index is 14.2. The van der Waals surface area contributed by atoms with Crippen LogP contribution in [0.3, 0.4) is 0 Å². The van der Waals surface area contributed by atoms with Crippen molar-refractivity contribution in [3.8, 4) is 0 Å². The van der Waals surface area contributed by atoms with Crippen LogP contribution in [-0.2, 0) is 31.1 Å². The highest BCUT2D eigenvalue weighted by atomic mass is 19.4. The van der Waals surface area contributed by atoms with Gasteiger partial charge in [0, 0.05) is 30.4 Å². The summed E-state index contributed by atoms with van der Waals surface area (Å²) < 4.78 is 49.5. The van der Waals surface area contributed by atoms with Gasteiger partial charge in [-0.1, -0.05) is 12.1 Å². The molecule has 2 fully saturated rings. The molecule has 1 saturated carbocycles. The summed E-state index contributed by atoms with van der Waals surface area (Å²) in [6, 6.07) is 9.70. The van der Waals surface area contributed by atoms with E-state index >= 15 is 0 Å². The minimum Gasteiger partial charge on any atom is -0.384 e. The number of rotatable bonds is 7. The summed E-state index contributed by atoms with van der Waals surface area (Å²) in [6.07, 6.45) is -0.0160. The summed E-state index contributed by atoms with van der Waals surface area (Å²) in [5, 5.41) is 22.7. The van der Waals surface area contributed by atoms with Crippen molar-refractivity contribution in [3.05, 3.63) is 76.4 Å². The van der Waals surface area contributed by atoms with Gasteiger partial charge in [-0.05, 0) is 67.1 Å². The summed E-state index contributed by atoms with van der Waals surface area (Å²) in [5.41, 5.74) is -0.489. The summed E-state index contributed by atoms with van der Waals surface area (Å²) in [4.78, 5) is 14.9. The molecule has 2 aliphatic heterocycles. The van der Waals surface area contributed by atoms with Crippen molar-refractivity contribution in [2.24, 2.45) is 7.05 Å². The number of nitrogens with one attached hydrogen (secondary N) is 1. The second kappa shape index (κ2) is 9.14. The number of benzene rings is 2. The number of carbonyl (C=O) groups excluding carboxylic acids is 1. The van der Waals surface area contributed by atoms with Crippen molar-refractivity contribution < 1.29 is 27.8 Å². The highest BCUT2D eigenvalue weighted by molar-refractivity contribution is 6.10. The molecule has 0 bridgehead atoms. The van der Waals surface area contributed by atoms with Crippen LogP contribution in [0.25, 0.3) is 0 Å². The number of nitrogens with zero attached hydrogens (tertiary/aromatic N) is 4. The zero-order chi connectivity index (χ0) is 27.6. The molecule has 0 spiro atoms. The van der Waals surface area contributed by atoms with Gasteiger partial charge in [-0.25, -0.2) is 0 Å². The van der Waals surface area contributed by atoms with Crippen LogP contribution < -0.4 is 10.2 Å². The Labute approximate surface area is 223 Å². The number of hydrogen-bond acceptors (Lipinski definition) is 6. The zero-order valence-corrected chi connectivity index (χ0v) is 21.8. The third kappa shape index (κ3) is 4.52. The van der Waals surface area contributed by atoms with Crippen molar-refractivity contribution in [1.29, 1.82) is 0 Å². The zero-order valence-electron chi connectivity index (χ0n) is 21.8. The van der Waals surface area contributed by atoms with Crippen LogP contribution in [0.5, 0.6) is 0 Å². The first kappa shape index (κ1) is 26.0. The molecule has 206 valence electrons. The summed E-state index contributed by atoms with van der Waals surface area (Å²) >= 11 is 0. The van der Waals surface area contributed by atoms with Gasteiger partial charge in [-0.15, -0.1) is 10.2 Å². The quantitative estimate of drug-likeness (QED) is 0.471. The molecular formula is C28H30F3N5O3. The van der Waals surface area contributed by atoms with E-state index in [1.807, 2.05) is 0 Å². The van der Waals surface area contributed by atoms with Crippen molar-refractivity contribution in [3.63, 3.8) is 0 Å². The van der Waals surface area contributed by atoms with Gasteiger partial charge < -0.3 is 24.6 Å². The topological polar surface area (TPSA) is 92.5 Å². The molecule has 8 nitrogen and oxygen atoms in total. The molecule has 3 aromatic rings. The predicted octanol–water partition coefficient (Wildman–Crippen LogP) is 3.92. The molecule has 1 amide bonds. The van der Waals surface area contributed by atoms with Crippen LogP contribution in [0.15, 0.2) is 42.7 Å². The van der Waals surface area contributed by atoms with Gasteiger partial charge in [-0.3, -0.25) is 4.79 Å². The number of alkyl halides is 3. The van der Waals surface area contributed by atoms with Gasteiger partial charge in [0.05, 0.1) is 31.2 Å². The first-order chi connectivity index (χ1) is 18.5. The molecule has 3 heterocycles. The standard InChI is InChI=1S/C28H30F3N5O3/c1-26(7-4-8-26)32-12-17-9-20-21(22(10-17)28(29,30)31)13-36(25(20)37)19-6-3-5-18(11-19)23(27(38)14-39-15-27)24-34-33-16-35(24)2/h3,5-6,9-11,16,23,32,38H,4,7-8,12-15H2,1-2H3/t23-/m0/s1. The van der Waals surface area contributed by atoms with E-state index in [9.17, 15) is 23.1 Å². The van der Waals surface area contributed by atoms with E-state index in [0.717, 1.165) is 25.3 Å². The van der Waals surface area contributed by atoms with E-state index < -0.39 is 29.2 Å². The number of fused-ring (bicyclic) bond motifs is 1. The largest absolute Gasteiger partial charge is 0.416 e. The molecule has 0 radical (unpaired) electrons. The number of aromatic nitrogens is 3. The first-order valence-electron chi connectivity index (χ1n) is 13.0. The molecule has 2 aromatic carbocycles. The molecule has 1 atom stereocenters. The van der Waals surface area contributed by atoms with Crippen LogP contribution >= 0.6 is 0 Å². The van der Waals surface area contributed by atoms with E-state index in [0.29, 0.717) is 22.6 Å². The Balaban J connectivity index is 1.34. The Morgan fingerprint density at radius 1 is 1.21 bits per heavy atom. The lowest BCUT2D eigenvalue weighted by Gasteiger charge is -2.42. The van der Waals surface area contributed by atoms with Gasteiger partial charge in [0.1, 0.15) is 17.8 Å². The van der Waals surface area contributed by atoms with Gasteiger partial charge in [0.15, 0.2) is 0 Å². The smallest absolute Gasteiger partial charge is 0.384 e. The van der Waals surface area contributed by atoms with Crippen molar-refractivity contribution >= 4 is 11.6 Å². The van der Waals surface area contributed by atoms with Gasteiger partial charge in [0.2, 0.25) is 0 Å². The normalized spacial score (nSPS) is 20.4. The molecule has 1 aliphatic carbocycles. The average Bonchev–Trinajstić information content (AvgIpc) is 3.42. The fraction of sp³-hybridized carbons (Fsp3) is 0.464. The number of amides is 1. The van der Waals surface area contributed by atoms with Gasteiger partial charge in [-0.2, -0.15) is 13.2 Å². The minimum absolute atomic E-state index is 0.0209. The number of anilines is 1. The van der Waals surface area contributed by atoms with Gasteiger partial charge >= 0.3 is 6.18 Å². The molecule has 3 aliphatic rings. The number of hydrogen-bond donors (Lipinski definition) is 2. The number of halogens is 3. The van der Waals surface area contributed by atoms with Crippen LogP contribution in [0.4, 0.5) is 18.9 Å². The lowest BCUT2D eigenvalue weighted by molar-refractivity contribution is -0.186. The SMILES string of the molecule is Cn1cnnc1[C@H](c1cccc(N2Cc3c(cc(CNC4(C)CCC4)cc3C(F)(F)F)C2=O)c1)C1(O)COC1. The molecule has 39 heavy (non-hydrogen) atoms. The average molecular weight is 542 g/mol. The second-order valence-corrected chi connectivity index (χ2v) is 11.3. The van der Waals surface area contributed by atoms with Crippen LogP contribution in [0.2, 0.25) is 0 Å². The Hall–Kier alpha value is -3.28. The van der Waals surface area contributed by atoms with E-state index in [2.05, 4.69) is 22.4 Å². The molecule has 0 unspecified atom stereocenters. The van der Waals surface area contributed by atoms with E-state index in [1.165, 1.54) is 11.2 Å². The number of ether oxygens (including phenoxy) is 1. The molecule has 6 rings (SSSR count). The minimum atomic E-state index is -4.59. The Morgan fingerprint density at radius 2 is 1.97 bits per heavy atom. The van der Waals surface area contributed by atoms with Gasteiger partial charge in [0.25, 0.3) is 5.91 Å². The van der Waals surface area contributed by atoms with Crippen LogP contribution in [0.1, 0.15) is 70.5 Å². The van der Waals surface area contributed by atoms with E-state index in [1.54, 1.807) is 41.9 Å². The highest BCUT2D eigenvalue weighted by Gasteiger charge is 2.48. The third-order valence-electron chi connectivity index (χ3n) is 8.34. The summed E-state index contributed by atoms with van der Waals surface area (Å²) in [7, 11) is 1.77. The number of aryl methyl sites for hydroxylation is 1. The maximum Gasteiger partial charge on any atom is 0.416 e. The molecule has 2 N–H and O–H groups in total. The number of aliphatic hydroxyl groups is 1.